The maximum atomic E-state index is 11.2. The third-order valence-electron chi connectivity index (χ3n) is 5.58. The van der Waals surface area contributed by atoms with Crippen LogP contribution in [-0.4, -0.2) is 40.4 Å². The van der Waals surface area contributed by atoms with Gasteiger partial charge in [-0.25, -0.2) is 4.79 Å². The second kappa shape index (κ2) is 9.71. The van der Waals surface area contributed by atoms with Crippen molar-refractivity contribution in [3.8, 4) is 16.9 Å². The summed E-state index contributed by atoms with van der Waals surface area (Å²) in [5, 5.41) is 9.22. The summed E-state index contributed by atoms with van der Waals surface area (Å²) in [6.45, 7) is 2.77. The fourth-order valence-corrected chi connectivity index (χ4v) is 4.12. The number of nitrogens with zero attached hydrogens (tertiary/aromatic N) is 2. The van der Waals surface area contributed by atoms with Gasteiger partial charge in [0.2, 0.25) is 0 Å². The molecule has 1 aliphatic rings. The number of ether oxygens (including phenoxy) is 2. The molecule has 2 unspecified atom stereocenters. The van der Waals surface area contributed by atoms with Gasteiger partial charge >= 0.3 is 5.97 Å². The first-order valence-corrected chi connectivity index (χ1v) is 10.6. The molecule has 4 rings (SSSR count). The number of pyridine rings is 2. The van der Waals surface area contributed by atoms with Crippen molar-refractivity contribution in [1.29, 1.82) is 0 Å². The largest absolute Gasteiger partial charge is 0.494 e. The number of aliphatic carboxylic acids is 1. The molecule has 31 heavy (non-hydrogen) atoms. The quantitative estimate of drug-likeness (QED) is 0.489. The van der Waals surface area contributed by atoms with Crippen LogP contribution in [0.3, 0.4) is 0 Å². The van der Waals surface area contributed by atoms with Crippen LogP contribution >= 0.6 is 0 Å². The summed E-state index contributed by atoms with van der Waals surface area (Å²) >= 11 is 0. The van der Waals surface area contributed by atoms with Crippen LogP contribution in [0.2, 0.25) is 0 Å². The van der Waals surface area contributed by atoms with E-state index in [-0.39, 0.29) is 5.92 Å². The van der Waals surface area contributed by atoms with E-state index in [1.807, 2.05) is 48.9 Å². The van der Waals surface area contributed by atoms with Gasteiger partial charge in [0.05, 0.1) is 12.3 Å². The van der Waals surface area contributed by atoms with E-state index in [9.17, 15) is 9.90 Å². The molecule has 2 atom stereocenters. The number of carboxylic acid groups (broad SMARTS) is 1. The first kappa shape index (κ1) is 21.0. The molecule has 0 bridgehead atoms. The molecule has 1 aromatic carbocycles. The number of rotatable bonds is 10. The fourth-order valence-electron chi connectivity index (χ4n) is 4.12. The lowest BCUT2D eigenvalue weighted by molar-refractivity contribution is -0.149. The van der Waals surface area contributed by atoms with Gasteiger partial charge in [0.1, 0.15) is 5.75 Å². The van der Waals surface area contributed by atoms with Crippen molar-refractivity contribution in [2.45, 2.75) is 38.2 Å². The molecule has 0 amide bonds. The van der Waals surface area contributed by atoms with E-state index in [0.717, 1.165) is 29.8 Å². The number of hydrogen-bond donors (Lipinski definition) is 1. The van der Waals surface area contributed by atoms with Crippen LogP contribution in [0, 0.1) is 0 Å². The van der Waals surface area contributed by atoms with Crippen molar-refractivity contribution in [3.63, 3.8) is 0 Å². The van der Waals surface area contributed by atoms with Crippen LogP contribution in [-0.2, 0) is 16.0 Å². The fraction of sp³-hybridized carbons (Fsp3) is 0.320. The third-order valence-corrected chi connectivity index (χ3v) is 5.58. The number of fused-ring (bicyclic) bond motifs is 3. The summed E-state index contributed by atoms with van der Waals surface area (Å²) in [6, 6.07) is 13.7. The molecular weight excluding hydrogens is 392 g/mol. The highest BCUT2D eigenvalue weighted by Gasteiger charge is 2.29. The van der Waals surface area contributed by atoms with E-state index in [2.05, 4.69) is 22.1 Å². The van der Waals surface area contributed by atoms with Crippen molar-refractivity contribution in [3.05, 3.63) is 77.9 Å². The minimum absolute atomic E-state index is 0.248. The molecule has 1 N–H and O–H groups in total. The Morgan fingerprint density at radius 1 is 1.13 bits per heavy atom. The lowest BCUT2D eigenvalue weighted by Gasteiger charge is -2.14. The van der Waals surface area contributed by atoms with Gasteiger partial charge < -0.3 is 14.6 Å². The molecule has 0 radical (unpaired) electrons. The summed E-state index contributed by atoms with van der Waals surface area (Å²) in [6.07, 6.45) is 6.98. The molecular formula is C25H26N2O4. The molecule has 160 valence electrons. The van der Waals surface area contributed by atoms with Gasteiger partial charge in [0.25, 0.3) is 0 Å². The van der Waals surface area contributed by atoms with Crippen LogP contribution in [0.1, 0.15) is 42.5 Å². The molecule has 3 aromatic rings. The topological polar surface area (TPSA) is 81.5 Å². The highest BCUT2D eigenvalue weighted by Crippen LogP contribution is 2.44. The minimum atomic E-state index is -0.943. The second-order valence-corrected chi connectivity index (χ2v) is 7.57. The van der Waals surface area contributed by atoms with E-state index >= 15 is 0 Å². The smallest absolute Gasteiger partial charge is 0.333 e. The second-order valence-electron chi connectivity index (χ2n) is 7.57. The zero-order valence-corrected chi connectivity index (χ0v) is 17.5. The van der Waals surface area contributed by atoms with Gasteiger partial charge in [-0.05, 0) is 60.7 Å². The van der Waals surface area contributed by atoms with Crippen LogP contribution in [0.15, 0.2) is 61.1 Å². The Hall–Kier alpha value is -3.25. The van der Waals surface area contributed by atoms with Crippen LogP contribution < -0.4 is 4.74 Å². The van der Waals surface area contributed by atoms with Crippen molar-refractivity contribution >= 4 is 5.97 Å². The Balaban J connectivity index is 1.31. The van der Waals surface area contributed by atoms with Crippen LogP contribution in [0.4, 0.5) is 0 Å². The Bertz CT molecular complexity index is 990. The monoisotopic (exact) mass is 418 g/mol. The standard InChI is InChI=1S/C25H26N2O4/c1-2-30-23(25(28)29)15-17-7-9-18(10-8-17)31-14-4-6-21-22-16-26-13-11-19(22)20-5-3-12-27-24(20)21/h3,5,7-13,16,21,23H,2,4,6,14-15H2,1H3,(H,28,29). The predicted molar refractivity (Wildman–Crippen MR) is 117 cm³/mol. The third kappa shape index (κ3) is 4.75. The average Bonchev–Trinajstić information content (AvgIpc) is 3.11. The first-order chi connectivity index (χ1) is 15.2. The summed E-state index contributed by atoms with van der Waals surface area (Å²) in [5.74, 6) is 0.0818. The molecule has 6 nitrogen and oxygen atoms in total. The van der Waals surface area contributed by atoms with Gasteiger partial charge in [-0.3, -0.25) is 9.97 Å². The molecule has 0 aliphatic heterocycles. The maximum Gasteiger partial charge on any atom is 0.333 e. The van der Waals surface area contributed by atoms with E-state index in [1.165, 1.54) is 16.7 Å². The average molecular weight is 418 g/mol. The molecule has 1 aliphatic carbocycles. The van der Waals surface area contributed by atoms with E-state index in [0.29, 0.717) is 19.6 Å². The number of carbonyl (C=O) groups is 1. The van der Waals surface area contributed by atoms with E-state index in [4.69, 9.17) is 9.47 Å². The number of benzene rings is 1. The lowest BCUT2D eigenvalue weighted by atomic mass is 9.96. The zero-order valence-electron chi connectivity index (χ0n) is 17.5. The summed E-state index contributed by atoms with van der Waals surface area (Å²) in [4.78, 5) is 20.2. The van der Waals surface area contributed by atoms with E-state index in [1.54, 1.807) is 6.92 Å². The SMILES string of the molecule is CCOC(Cc1ccc(OCCCC2c3cnccc3-c3cccnc32)cc1)C(=O)O. The Labute approximate surface area is 181 Å². The van der Waals surface area contributed by atoms with Gasteiger partial charge in [-0.1, -0.05) is 18.2 Å². The lowest BCUT2D eigenvalue weighted by Crippen LogP contribution is -2.26. The van der Waals surface area contributed by atoms with Gasteiger partial charge in [-0.2, -0.15) is 0 Å². The number of aromatic nitrogens is 2. The zero-order chi connectivity index (χ0) is 21.6. The van der Waals surface area contributed by atoms with Crippen molar-refractivity contribution in [2.75, 3.05) is 13.2 Å². The molecule has 6 heteroatoms. The predicted octanol–water partition coefficient (Wildman–Crippen LogP) is 4.48. The number of hydrogen-bond acceptors (Lipinski definition) is 5. The Morgan fingerprint density at radius 2 is 1.97 bits per heavy atom. The molecule has 0 spiro atoms. The van der Waals surface area contributed by atoms with Crippen molar-refractivity contribution < 1.29 is 19.4 Å². The molecule has 0 fully saturated rings. The van der Waals surface area contributed by atoms with Crippen molar-refractivity contribution in [1.82, 2.24) is 9.97 Å². The van der Waals surface area contributed by atoms with Gasteiger partial charge in [-0.15, -0.1) is 0 Å². The molecule has 2 aromatic heterocycles. The maximum absolute atomic E-state index is 11.2. The van der Waals surface area contributed by atoms with Gasteiger partial charge in [0, 0.05) is 43.1 Å². The normalized spacial score (nSPS) is 15.2. The van der Waals surface area contributed by atoms with Gasteiger partial charge in [0.15, 0.2) is 6.10 Å². The number of carboxylic acids is 1. The highest BCUT2D eigenvalue weighted by atomic mass is 16.5. The summed E-state index contributed by atoms with van der Waals surface area (Å²) in [5.41, 5.74) is 5.70. The molecule has 2 heterocycles. The van der Waals surface area contributed by atoms with Crippen LogP contribution in [0.5, 0.6) is 5.75 Å². The first-order valence-electron chi connectivity index (χ1n) is 10.6. The Kier molecular flexibility index (Phi) is 6.57. The molecule has 0 saturated heterocycles. The van der Waals surface area contributed by atoms with Crippen LogP contribution in [0.25, 0.3) is 11.1 Å². The molecule has 0 saturated carbocycles. The van der Waals surface area contributed by atoms with Crippen molar-refractivity contribution in [2.24, 2.45) is 0 Å². The van der Waals surface area contributed by atoms with E-state index < -0.39 is 12.1 Å². The summed E-state index contributed by atoms with van der Waals surface area (Å²) < 4.78 is 11.2. The Morgan fingerprint density at radius 3 is 2.74 bits per heavy atom. The minimum Gasteiger partial charge on any atom is -0.494 e. The highest BCUT2D eigenvalue weighted by molar-refractivity contribution is 5.76. The summed E-state index contributed by atoms with van der Waals surface area (Å²) in [7, 11) is 0.